The molecule has 0 amide bonds. The number of hydrogen-bond acceptors (Lipinski definition) is 3. The molecule has 2 aliphatic rings. The first-order valence-corrected chi connectivity index (χ1v) is 6.25. The van der Waals surface area contributed by atoms with Crippen LogP contribution in [0.5, 0.6) is 0 Å². The molecular weight excluding hydrogens is 198 g/mol. The van der Waals surface area contributed by atoms with E-state index in [2.05, 4.69) is 34.7 Å². The van der Waals surface area contributed by atoms with E-state index in [4.69, 9.17) is 0 Å². The van der Waals surface area contributed by atoms with E-state index >= 15 is 0 Å². The fourth-order valence-electron chi connectivity index (χ4n) is 2.94. The van der Waals surface area contributed by atoms with Crippen molar-refractivity contribution in [1.29, 1.82) is 0 Å². The minimum atomic E-state index is 0.606. The maximum Gasteiger partial charge on any atom is 0.126 e. The largest absolute Gasteiger partial charge is 0.367 e. The van der Waals surface area contributed by atoms with Crippen molar-refractivity contribution in [3.8, 4) is 0 Å². The van der Waals surface area contributed by atoms with Crippen molar-refractivity contribution < 1.29 is 0 Å². The van der Waals surface area contributed by atoms with Crippen molar-refractivity contribution in [3.05, 3.63) is 23.9 Å². The van der Waals surface area contributed by atoms with Crippen molar-refractivity contribution in [1.82, 2.24) is 10.3 Å². The first kappa shape index (κ1) is 10.1. The van der Waals surface area contributed by atoms with Gasteiger partial charge in [-0.05, 0) is 44.2 Å². The number of anilines is 1. The number of rotatable bonds is 2. The van der Waals surface area contributed by atoms with Gasteiger partial charge in [-0.15, -0.1) is 0 Å². The lowest BCUT2D eigenvalue weighted by Crippen LogP contribution is -2.43. The Balaban J connectivity index is 1.64. The Hall–Kier alpha value is -1.09. The molecule has 0 saturated carbocycles. The molecule has 3 nitrogen and oxygen atoms in total. The molecule has 2 unspecified atom stereocenters. The van der Waals surface area contributed by atoms with Crippen molar-refractivity contribution >= 4 is 5.82 Å². The Morgan fingerprint density at radius 3 is 2.62 bits per heavy atom. The monoisotopic (exact) mass is 217 g/mol. The summed E-state index contributed by atoms with van der Waals surface area (Å²) in [4.78, 5) is 4.41. The second-order valence-electron chi connectivity index (χ2n) is 5.17. The maximum atomic E-state index is 4.41. The summed E-state index contributed by atoms with van der Waals surface area (Å²) in [6.07, 6.45) is 7.12. The summed E-state index contributed by atoms with van der Waals surface area (Å²) in [6, 6.07) is 6.28. The summed E-state index contributed by atoms with van der Waals surface area (Å²) >= 11 is 0. The Kier molecular flexibility index (Phi) is 2.56. The number of fused-ring (bicyclic) bond motifs is 2. The second-order valence-corrected chi connectivity index (χ2v) is 5.17. The number of pyridine rings is 1. The molecule has 0 aliphatic carbocycles. The smallest absolute Gasteiger partial charge is 0.126 e. The van der Waals surface area contributed by atoms with Gasteiger partial charge in [0.2, 0.25) is 0 Å². The summed E-state index contributed by atoms with van der Waals surface area (Å²) in [5.41, 5.74) is 1.22. The van der Waals surface area contributed by atoms with Gasteiger partial charge in [0.05, 0.1) is 0 Å². The van der Waals surface area contributed by atoms with Gasteiger partial charge in [0.15, 0.2) is 0 Å². The van der Waals surface area contributed by atoms with Crippen LogP contribution in [-0.4, -0.2) is 23.1 Å². The van der Waals surface area contributed by atoms with Gasteiger partial charge in [-0.2, -0.15) is 0 Å². The molecule has 2 aliphatic heterocycles. The quantitative estimate of drug-likeness (QED) is 0.796. The zero-order chi connectivity index (χ0) is 11.0. The van der Waals surface area contributed by atoms with Gasteiger partial charge in [0, 0.05) is 24.3 Å². The van der Waals surface area contributed by atoms with Crippen molar-refractivity contribution in [3.63, 3.8) is 0 Å². The highest BCUT2D eigenvalue weighted by Gasteiger charge is 2.33. The van der Waals surface area contributed by atoms with Crippen LogP contribution in [0.3, 0.4) is 0 Å². The summed E-state index contributed by atoms with van der Waals surface area (Å²) in [5.74, 6) is 1.02. The Labute approximate surface area is 96.7 Å². The maximum absolute atomic E-state index is 4.41. The van der Waals surface area contributed by atoms with Crippen LogP contribution in [0.4, 0.5) is 5.82 Å². The predicted octanol–water partition coefficient (Wildman–Crippen LogP) is 2.08. The third-order valence-electron chi connectivity index (χ3n) is 3.74. The van der Waals surface area contributed by atoms with Crippen LogP contribution in [0.2, 0.25) is 0 Å². The molecule has 2 N–H and O–H groups in total. The van der Waals surface area contributed by atoms with Gasteiger partial charge in [-0.25, -0.2) is 4.98 Å². The van der Waals surface area contributed by atoms with Crippen LogP contribution in [0.1, 0.15) is 31.2 Å². The molecule has 2 bridgehead atoms. The number of nitrogens with one attached hydrogen (secondary N) is 2. The van der Waals surface area contributed by atoms with Gasteiger partial charge in [-0.3, -0.25) is 0 Å². The fourth-order valence-corrected chi connectivity index (χ4v) is 2.94. The van der Waals surface area contributed by atoms with Crippen LogP contribution in [0, 0.1) is 6.92 Å². The average Bonchev–Trinajstić information content (AvgIpc) is 2.62. The summed E-state index contributed by atoms with van der Waals surface area (Å²) in [6.45, 7) is 2.07. The van der Waals surface area contributed by atoms with E-state index < -0.39 is 0 Å². The van der Waals surface area contributed by atoms with E-state index in [0.717, 1.165) is 17.9 Å². The third-order valence-corrected chi connectivity index (χ3v) is 3.74. The first-order chi connectivity index (χ1) is 7.79. The van der Waals surface area contributed by atoms with Gasteiger partial charge in [-0.1, -0.05) is 6.07 Å². The topological polar surface area (TPSA) is 37.0 Å². The van der Waals surface area contributed by atoms with E-state index in [0.29, 0.717) is 6.04 Å². The predicted molar refractivity (Wildman–Crippen MR) is 65.6 cm³/mol. The highest BCUT2D eigenvalue weighted by molar-refractivity contribution is 5.36. The lowest BCUT2D eigenvalue weighted by Gasteiger charge is -2.30. The van der Waals surface area contributed by atoms with Crippen molar-refractivity contribution in [2.24, 2.45) is 0 Å². The van der Waals surface area contributed by atoms with Crippen molar-refractivity contribution in [2.45, 2.75) is 50.7 Å². The fraction of sp³-hybridized carbons (Fsp3) is 0.615. The van der Waals surface area contributed by atoms with E-state index in [9.17, 15) is 0 Å². The number of aromatic nitrogens is 1. The molecule has 3 heterocycles. The minimum Gasteiger partial charge on any atom is -0.367 e. The molecule has 86 valence electrons. The molecule has 16 heavy (non-hydrogen) atoms. The van der Waals surface area contributed by atoms with Gasteiger partial charge < -0.3 is 10.6 Å². The molecule has 2 fully saturated rings. The summed E-state index contributed by atoms with van der Waals surface area (Å²) < 4.78 is 0. The zero-order valence-electron chi connectivity index (χ0n) is 9.74. The number of piperidine rings is 1. The van der Waals surface area contributed by atoms with Crippen LogP contribution in [0.25, 0.3) is 0 Å². The molecule has 2 atom stereocenters. The average molecular weight is 217 g/mol. The van der Waals surface area contributed by atoms with Crippen LogP contribution in [0.15, 0.2) is 18.3 Å². The van der Waals surface area contributed by atoms with E-state index in [1.807, 2.05) is 6.20 Å². The lowest BCUT2D eigenvalue weighted by molar-refractivity contribution is 0.377. The van der Waals surface area contributed by atoms with Gasteiger partial charge in [0.1, 0.15) is 5.82 Å². The normalized spacial score (nSPS) is 32.7. The number of aryl methyl sites for hydroxylation is 1. The van der Waals surface area contributed by atoms with Crippen LogP contribution < -0.4 is 10.6 Å². The standard InChI is InChI=1S/C13H19N3/c1-9-2-5-13(14-8-9)16-12-6-10-3-4-11(7-12)15-10/h2,5,8,10-12,15H,3-4,6-7H2,1H3,(H,14,16). The van der Waals surface area contributed by atoms with E-state index in [1.165, 1.54) is 31.2 Å². The molecule has 1 aromatic heterocycles. The van der Waals surface area contributed by atoms with Crippen LogP contribution in [-0.2, 0) is 0 Å². The molecule has 3 rings (SSSR count). The van der Waals surface area contributed by atoms with Crippen molar-refractivity contribution in [2.75, 3.05) is 5.32 Å². The molecule has 2 saturated heterocycles. The lowest BCUT2D eigenvalue weighted by atomic mass is 10.00. The second kappa shape index (κ2) is 4.06. The SMILES string of the molecule is Cc1ccc(NC2CC3CCC(C2)N3)nc1. The molecule has 0 aromatic carbocycles. The van der Waals surface area contributed by atoms with E-state index in [1.54, 1.807) is 0 Å². The highest BCUT2D eigenvalue weighted by atomic mass is 15.1. The Morgan fingerprint density at radius 2 is 2.00 bits per heavy atom. The molecule has 0 spiro atoms. The van der Waals surface area contributed by atoms with Gasteiger partial charge >= 0.3 is 0 Å². The molecule has 0 radical (unpaired) electrons. The molecule has 3 heteroatoms. The zero-order valence-corrected chi connectivity index (χ0v) is 9.74. The minimum absolute atomic E-state index is 0.606. The first-order valence-electron chi connectivity index (χ1n) is 6.25. The Morgan fingerprint density at radius 1 is 1.25 bits per heavy atom. The number of hydrogen-bond donors (Lipinski definition) is 2. The van der Waals surface area contributed by atoms with Gasteiger partial charge in [0.25, 0.3) is 0 Å². The van der Waals surface area contributed by atoms with E-state index in [-0.39, 0.29) is 0 Å². The number of nitrogens with zero attached hydrogens (tertiary/aromatic N) is 1. The van der Waals surface area contributed by atoms with Crippen LogP contribution >= 0.6 is 0 Å². The molecule has 1 aromatic rings. The highest BCUT2D eigenvalue weighted by Crippen LogP contribution is 2.28. The molecular formula is C13H19N3. The summed E-state index contributed by atoms with van der Waals surface area (Å²) in [5, 5.41) is 7.21. The Bertz CT molecular complexity index is 348. The summed E-state index contributed by atoms with van der Waals surface area (Å²) in [7, 11) is 0. The third kappa shape index (κ3) is 2.05.